The first-order chi connectivity index (χ1) is 9.15. The third-order valence-electron chi connectivity index (χ3n) is 2.41. The smallest absolute Gasteiger partial charge is 0.319 e. The van der Waals surface area contributed by atoms with Crippen LogP contribution in [0.3, 0.4) is 0 Å². The fraction of sp³-hybridized carbons (Fsp3) is 0.154. The molecule has 0 atom stereocenters. The SMILES string of the molecule is O=C(NCCc1cccs1)Nc1cc(F)ccc1F. The lowest BCUT2D eigenvalue weighted by Crippen LogP contribution is -2.30. The lowest BCUT2D eigenvalue weighted by molar-refractivity contribution is 0.252. The highest BCUT2D eigenvalue weighted by Crippen LogP contribution is 2.15. The first kappa shape index (κ1) is 13.5. The number of hydrogen-bond donors (Lipinski definition) is 2. The molecule has 0 fully saturated rings. The van der Waals surface area contributed by atoms with Crippen LogP contribution in [0.5, 0.6) is 0 Å². The second-order valence-electron chi connectivity index (χ2n) is 3.83. The lowest BCUT2D eigenvalue weighted by atomic mass is 10.3. The summed E-state index contributed by atoms with van der Waals surface area (Å²) in [6.45, 7) is 0.434. The van der Waals surface area contributed by atoms with E-state index in [4.69, 9.17) is 0 Å². The molecule has 100 valence electrons. The van der Waals surface area contributed by atoms with E-state index in [-0.39, 0.29) is 5.69 Å². The molecule has 19 heavy (non-hydrogen) atoms. The normalized spacial score (nSPS) is 10.2. The number of hydrogen-bond acceptors (Lipinski definition) is 2. The number of nitrogens with one attached hydrogen (secondary N) is 2. The van der Waals surface area contributed by atoms with Crippen molar-refractivity contribution in [2.45, 2.75) is 6.42 Å². The van der Waals surface area contributed by atoms with Crippen molar-refractivity contribution in [2.24, 2.45) is 0 Å². The summed E-state index contributed by atoms with van der Waals surface area (Å²) in [5, 5.41) is 6.81. The number of amides is 2. The van der Waals surface area contributed by atoms with Gasteiger partial charge in [-0.05, 0) is 30.0 Å². The molecule has 0 radical (unpaired) electrons. The molecule has 0 aliphatic rings. The molecular weight excluding hydrogens is 270 g/mol. The van der Waals surface area contributed by atoms with Crippen LogP contribution in [0, 0.1) is 11.6 Å². The van der Waals surface area contributed by atoms with E-state index in [1.165, 1.54) is 0 Å². The van der Waals surface area contributed by atoms with Gasteiger partial charge in [-0.15, -0.1) is 11.3 Å². The van der Waals surface area contributed by atoms with Crippen molar-refractivity contribution in [3.05, 3.63) is 52.2 Å². The number of benzene rings is 1. The number of urea groups is 1. The van der Waals surface area contributed by atoms with E-state index in [0.29, 0.717) is 13.0 Å². The van der Waals surface area contributed by atoms with Gasteiger partial charge in [0.2, 0.25) is 0 Å². The van der Waals surface area contributed by atoms with Crippen molar-refractivity contribution in [3.8, 4) is 0 Å². The van der Waals surface area contributed by atoms with Crippen molar-refractivity contribution < 1.29 is 13.6 Å². The molecule has 1 aromatic carbocycles. The molecular formula is C13H12F2N2OS. The highest BCUT2D eigenvalue weighted by atomic mass is 32.1. The summed E-state index contributed by atoms with van der Waals surface area (Å²) >= 11 is 1.60. The average molecular weight is 282 g/mol. The zero-order chi connectivity index (χ0) is 13.7. The highest BCUT2D eigenvalue weighted by Gasteiger charge is 2.07. The highest BCUT2D eigenvalue weighted by molar-refractivity contribution is 7.09. The summed E-state index contributed by atoms with van der Waals surface area (Å²) in [6, 6.07) is 6.25. The largest absolute Gasteiger partial charge is 0.338 e. The topological polar surface area (TPSA) is 41.1 Å². The van der Waals surface area contributed by atoms with Crippen molar-refractivity contribution in [1.82, 2.24) is 5.32 Å². The molecule has 2 rings (SSSR count). The Bertz CT molecular complexity index is 558. The molecule has 2 amide bonds. The molecule has 0 saturated heterocycles. The minimum absolute atomic E-state index is 0.173. The molecule has 0 bridgehead atoms. The van der Waals surface area contributed by atoms with E-state index in [1.807, 2.05) is 17.5 Å². The first-order valence-corrected chi connectivity index (χ1v) is 6.55. The predicted molar refractivity (Wildman–Crippen MR) is 71.4 cm³/mol. The summed E-state index contributed by atoms with van der Waals surface area (Å²) in [6.07, 6.45) is 0.705. The van der Waals surface area contributed by atoms with Crippen LogP contribution in [0.15, 0.2) is 35.7 Å². The Balaban J connectivity index is 1.82. The molecule has 1 aromatic heterocycles. The Labute approximate surface area is 113 Å². The molecule has 0 aliphatic carbocycles. The molecule has 3 nitrogen and oxygen atoms in total. The van der Waals surface area contributed by atoms with Crippen molar-refractivity contribution >= 4 is 23.1 Å². The van der Waals surface area contributed by atoms with Crippen LogP contribution in [0.1, 0.15) is 4.88 Å². The van der Waals surface area contributed by atoms with Gasteiger partial charge in [0.1, 0.15) is 11.6 Å². The Morgan fingerprint density at radius 3 is 2.84 bits per heavy atom. The maximum Gasteiger partial charge on any atom is 0.319 e. The third-order valence-corrected chi connectivity index (χ3v) is 3.35. The Morgan fingerprint density at radius 1 is 1.26 bits per heavy atom. The van der Waals surface area contributed by atoms with Crippen molar-refractivity contribution in [2.75, 3.05) is 11.9 Å². The zero-order valence-corrected chi connectivity index (χ0v) is 10.8. The van der Waals surface area contributed by atoms with Crippen LogP contribution < -0.4 is 10.6 Å². The minimum Gasteiger partial charge on any atom is -0.338 e. The quantitative estimate of drug-likeness (QED) is 0.886. The van der Waals surface area contributed by atoms with Crippen LogP contribution in [-0.4, -0.2) is 12.6 Å². The Hall–Kier alpha value is -1.95. The van der Waals surface area contributed by atoms with Gasteiger partial charge in [0.25, 0.3) is 0 Å². The van der Waals surface area contributed by atoms with Gasteiger partial charge in [0.05, 0.1) is 5.69 Å². The molecule has 0 aliphatic heterocycles. The van der Waals surface area contributed by atoms with Gasteiger partial charge in [-0.1, -0.05) is 6.07 Å². The Morgan fingerprint density at radius 2 is 2.11 bits per heavy atom. The van der Waals surface area contributed by atoms with Crippen molar-refractivity contribution in [1.29, 1.82) is 0 Å². The van der Waals surface area contributed by atoms with Gasteiger partial charge >= 0.3 is 6.03 Å². The van der Waals surface area contributed by atoms with Crippen LogP contribution in [0.4, 0.5) is 19.3 Å². The molecule has 0 saturated carbocycles. The number of anilines is 1. The lowest BCUT2D eigenvalue weighted by Gasteiger charge is -2.08. The fourth-order valence-corrected chi connectivity index (χ4v) is 2.22. The van der Waals surface area contributed by atoms with Crippen LogP contribution in [0.25, 0.3) is 0 Å². The van der Waals surface area contributed by atoms with Gasteiger partial charge in [-0.25, -0.2) is 13.6 Å². The third kappa shape index (κ3) is 4.03. The summed E-state index contributed by atoms with van der Waals surface area (Å²) in [5.41, 5.74) is -0.173. The number of thiophene rings is 1. The summed E-state index contributed by atoms with van der Waals surface area (Å²) < 4.78 is 26.2. The molecule has 0 spiro atoms. The van der Waals surface area contributed by atoms with E-state index in [1.54, 1.807) is 11.3 Å². The molecule has 2 N–H and O–H groups in total. The van der Waals surface area contributed by atoms with Gasteiger partial charge in [-0.2, -0.15) is 0 Å². The van der Waals surface area contributed by atoms with E-state index in [9.17, 15) is 13.6 Å². The van der Waals surface area contributed by atoms with E-state index < -0.39 is 17.7 Å². The zero-order valence-electron chi connectivity index (χ0n) is 9.95. The molecule has 1 heterocycles. The van der Waals surface area contributed by atoms with Gasteiger partial charge in [-0.3, -0.25) is 0 Å². The van der Waals surface area contributed by atoms with E-state index >= 15 is 0 Å². The number of carbonyl (C=O) groups is 1. The van der Waals surface area contributed by atoms with Crippen LogP contribution in [-0.2, 0) is 6.42 Å². The minimum atomic E-state index is -0.671. The predicted octanol–water partition coefficient (Wildman–Crippen LogP) is 3.39. The number of halogens is 2. The molecule has 0 unspecified atom stereocenters. The summed E-state index contributed by atoms with van der Waals surface area (Å²) in [5.74, 6) is -1.27. The standard InChI is InChI=1S/C13H12F2N2OS/c14-9-3-4-11(15)12(8-9)17-13(18)16-6-5-10-2-1-7-19-10/h1-4,7-8H,5-6H2,(H2,16,17,18). The van der Waals surface area contributed by atoms with Crippen molar-refractivity contribution in [3.63, 3.8) is 0 Å². The first-order valence-electron chi connectivity index (χ1n) is 5.67. The second kappa shape index (κ2) is 6.29. The molecule has 6 heteroatoms. The van der Waals surface area contributed by atoms with Gasteiger partial charge in [0, 0.05) is 17.5 Å². The van der Waals surface area contributed by atoms with E-state index in [0.717, 1.165) is 23.1 Å². The van der Waals surface area contributed by atoms with Crippen LogP contribution >= 0.6 is 11.3 Å². The maximum atomic E-state index is 13.3. The van der Waals surface area contributed by atoms with Crippen LogP contribution in [0.2, 0.25) is 0 Å². The monoisotopic (exact) mass is 282 g/mol. The average Bonchev–Trinajstić information content (AvgIpc) is 2.87. The Kier molecular flexibility index (Phi) is 4.46. The number of carbonyl (C=O) groups excluding carboxylic acids is 1. The summed E-state index contributed by atoms with van der Waals surface area (Å²) in [7, 11) is 0. The second-order valence-corrected chi connectivity index (χ2v) is 4.87. The molecule has 2 aromatic rings. The number of rotatable bonds is 4. The maximum absolute atomic E-state index is 13.3. The van der Waals surface area contributed by atoms with Gasteiger partial charge in [0.15, 0.2) is 0 Å². The fourth-order valence-electron chi connectivity index (χ4n) is 1.51. The van der Waals surface area contributed by atoms with E-state index in [2.05, 4.69) is 10.6 Å². The van der Waals surface area contributed by atoms with Gasteiger partial charge < -0.3 is 10.6 Å². The summed E-state index contributed by atoms with van der Waals surface area (Å²) in [4.78, 5) is 12.6.